The molecule has 2 rings (SSSR count). The molecule has 0 saturated heterocycles. The van der Waals surface area contributed by atoms with Gasteiger partial charge in [0.1, 0.15) is 5.75 Å². The van der Waals surface area contributed by atoms with Crippen molar-refractivity contribution in [2.24, 2.45) is 0 Å². The van der Waals surface area contributed by atoms with Crippen LogP contribution in [0.4, 0.5) is 5.69 Å². The topological polar surface area (TPSA) is 34.1 Å². The lowest BCUT2D eigenvalue weighted by atomic mass is 10.1. The molecule has 0 atom stereocenters. The van der Waals surface area contributed by atoms with Gasteiger partial charge in [0.15, 0.2) is 0 Å². The standard InChI is InChI=1S/C13H16N2OS/c1-9-4-5-12(10(2)13(9)16-3)15-7-11-6-14-8-17-11/h4-6,8,15H,7H2,1-3H3. The summed E-state index contributed by atoms with van der Waals surface area (Å²) < 4.78 is 5.40. The number of ether oxygens (including phenoxy) is 1. The van der Waals surface area contributed by atoms with Crippen molar-refractivity contribution in [1.82, 2.24) is 4.98 Å². The number of nitrogens with one attached hydrogen (secondary N) is 1. The van der Waals surface area contributed by atoms with E-state index in [0.717, 1.165) is 29.1 Å². The van der Waals surface area contributed by atoms with Gasteiger partial charge < -0.3 is 10.1 Å². The second-order valence-corrected chi connectivity index (χ2v) is 4.88. The average Bonchev–Trinajstić information content (AvgIpc) is 2.82. The van der Waals surface area contributed by atoms with Crippen LogP contribution in [0.1, 0.15) is 16.0 Å². The summed E-state index contributed by atoms with van der Waals surface area (Å²) in [7, 11) is 1.71. The SMILES string of the molecule is COc1c(C)ccc(NCc2cncs2)c1C. The van der Waals surface area contributed by atoms with Crippen LogP contribution in [-0.2, 0) is 6.54 Å². The minimum absolute atomic E-state index is 0.803. The molecule has 0 amide bonds. The van der Waals surface area contributed by atoms with Crippen LogP contribution in [0.15, 0.2) is 23.8 Å². The van der Waals surface area contributed by atoms with Crippen LogP contribution in [-0.4, -0.2) is 12.1 Å². The first-order valence-electron chi connectivity index (χ1n) is 5.48. The molecule has 0 spiro atoms. The van der Waals surface area contributed by atoms with Gasteiger partial charge in [-0.05, 0) is 25.5 Å². The molecule has 0 saturated carbocycles. The molecule has 0 unspecified atom stereocenters. The molecule has 0 bridgehead atoms. The Labute approximate surface area is 105 Å². The lowest BCUT2D eigenvalue weighted by molar-refractivity contribution is 0.409. The van der Waals surface area contributed by atoms with Crippen LogP contribution in [0.25, 0.3) is 0 Å². The molecular formula is C13H16N2OS. The largest absolute Gasteiger partial charge is 0.496 e. The molecule has 90 valence electrons. The second kappa shape index (κ2) is 5.19. The van der Waals surface area contributed by atoms with Gasteiger partial charge in [-0.3, -0.25) is 4.98 Å². The van der Waals surface area contributed by atoms with E-state index in [4.69, 9.17) is 4.74 Å². The van der Waals surface area contributed by atoms with Crippen molar-refractivity contribution >= 4 is 17.0 Å². The van der Waals surface area contributed by atoms with Crippen molar-refractivity contribution in [2.75, 3.05) is 12.4 Å². The first-order chi connectivity index (χ1) is 8.22. The molecule has 17 heavy (non-hydrogen) atoms. The Balaban J connectivity index is 2.16. The van der Waals surface area contributed by atoms with Gasteiger partial charge in [-0.1, -0.05) is 6.07 Å². The van der Waals surface area contributed by atoms with Gasteiger partial charge in [0.25, 0.3) is 0 Å². The lowest BCUT2D eigenvalue weighted by Crippen LogP contribution is -2.01. The lowest BCUT2D eigenvalue weighted by Gasteiger charge is -2.14. The van der Waals surface area contributed by atoms with Gasteiger partial charge in [-0.2, -0.15) is 0 Å². The molecular weight excluding hydrogens is 232 g/mol. The third kappa shape index (κ3) is 2.58. The van der Waals surface area contributed by atoms with Gasteiger partial charge in [-0.25, -0.2) is 0 Å². The van der Waals surface area contributed by atoms with Crippen LogP contribution in [0, 0.1) is 13.8 Å². The third-order valence-electron chi connectivity index (χ3n) is 2.74. The van der Waals surface area contributed by atoms with Crippen LogP contribution >= 0.6 is 11.3 Å². The summed E-state index contributed by atoms with van der Waals surface area (Å²) in [4.78, 5) is 5.28. The smallest absolute Gasteiger partial charge is 0.126 e. The number of benzene rings is 1. The van der Waals surface area contributed by atoms with Crippen molar-refractivity contribution in [3.8, 4) is 5.75 Å². The minimum atomic E-state index is 0.803. The summed E-state index contributed by atoms with van der Waals surface area (Å²) in [6.45, 7) is 4.93. The summed E-state index contributed by atoms with van der Waals surface area (Å²) >= 11 is 1.66. The number of rotatable bonds is 4. The van der Waals surface area contributed by atoms with Crippen molar-refractivity contribution in [1.29, 1.82) is 0 Å². The van der Waals surface area contributed by atoms with E-state index < -0.39 is 0 Å². The van der Waals surface area contributed by atoms with E-state index in [0.29, 0.717) is 0 Å². The molecule has 0 aliphatic heterocycles. The van der Waals surface area contributed by atoms with Crippen molar-refractivity contribution in [2.45, 2.75) is 20.4 Å². The molecule has 1 aromatic carbocycles. The molecule has 0 radical (unpaired) electrons. The zero-order chi connectivity index (χ0) is 12.3. The zero-order valence-corrected chi connectivity index (χ0v) is 11.1. The van der Waals surface area contributed by atoms with E-state index in [9.17, 15) is 0 Å². The van der Waals surface area contributed by atoms with E-state index >= 15 is 0 Å². The highest BCUT2D eigenvalue weighted by atomic mass is 32.1. The number of aromatic nitrogens is 1. The fourth-order valence-corrected chi connectivity index (χ4v) is 2.38. The molecule has 0 fully saturated rings. The van der Waals surface area contributed by atoms with Crippen LogP contribution in [0.5, 0.6) is 5.75 Å². The Morgan fingerprint density at radius 1 is 1.35 bits per heavy atom. The van der Waals surface area contributed by atoms with E-state index in [2.05, 4.69) is 36.3 Å². The normalized spacial score (nSPS) is 10.3. The summed E-state index contributed by atoms with van der Waals surface area (Å²) in [5, 5.41) is 3.41. The average molecular weight is 248 g/mol. The number of nitrogens with zero attached hydrogens (tertiary/aromatic N) is 1. The Kier molecular flexibility index (Phi) is 3.64. The molecule has 1 N–H and O–H groups in total. The van der Waals surface area contributed by atoms with Crippen molar-refractivity contribution in [3.05, 3.63) is 39.8 Å². The maximum atomic E-state index is 5.40. The maximum Gasteiger partial charge on any atom is 0.126 e. The minimum Gasteiger partial charge on any atom is -0.496 e. The first kappa shape index (κ1) is 11.9. The highest BCUT2D eigenvalue weighted by molar-refractivity contribution is 7.09. The molecule has 1 aromatic heterocycles. The summed E-state index contributed by atoms with van der Waals surface area (Å²) in [6, 6.07) is 4.16. The Morgan fingerprint density at radius 3 is 2.82 bits per heavy atom. The Bertz CT molecular complexity index is 494. The van der Waals surface area contributed by atoms with Crippen LogP contribution < -0.4 is 10.1 Å². The predicted molar refractivity (Wildman–Crippen MR) is 71.9 cm³/mol. The number of hydrogen-bond donors (Lipinski definition) is 1. The third-order valence-corrected chi connectivity index (χ3v) is 3.52. The highest BCUT2D eigenvalue weighted by Gasteiger charge is 2.07. The van der Waals surface area contributed by atoms with Crippen LogP contribution in [0.2, 0.25) is 0 Å². The molecule has 0 aliphatic rings. The first-order valence-corrected chi connectivity index (χ1v) is 6.35. The fourth-order valence-electron chi connectivity index (χ4n) is 1.84. The Hall–Kier alpha value is -1.55. The van der Waals surface area contributed by atoms with Gasteiger partial charge in [-0.15, -0.1) is 11.3 Å². The van der Waals surface area contributed by atoms with Crippen molar-refractivity contribution < 1.29 is 4.74 Å². The molecule has 3 nitrogen and oxygen atoms in total. The number of hydrogen-bond acceptors (Lipinski definition) is 4. The highest BCUT2D eigenvalue weighted by Crippen LogP contribution is 2.29. The van der Waals surface area contributed by atoms with E-state index in [1.807, 2.05) is 11.7 Å². The second-order valence-electron chi connectivity index (χ2n) is 3.91. The van der Waals surface area contributed by atoms with Gasteiger partial charge in [0.05, 0.1) is 19.2 Å². The van der Waals surface area contributed by atoms with E-state index in [-0.39, 0.29) is 0 Å². The van der Waals surface area contributed by atoms with Crippen LogP contribution in [0.3, 0.4) is 0 Å². The zero-order valence-electron chi connectivity index (χ0n) is 10.3. The Morgan fingerprint density at radius 2 is 2.18 bits per heavy atom. The molecule has 1 heterocycles. The summed E-state index contributed by atoms with van der Waals surface area (Å²) in [6.07, 6.45) is 1.89. The van der Waals surface area contributed by atoms with E-state index in [1.165, 1.54) is 4.88 Å². The fraction of sp³-hybridized carbons (Fsp3) is 0.308. The number of anilines is 1. The quantitative estimate of drug-likeness (QED) is 0.900. The summed E-state index contributed by atoms with van der Waals surface area (Å²) in [5.74, 6) is 0.958. The number of methoxy groups -OCH3 is 1. The molecule has 2 aromatic rings. The molecule has 4 heteroatoms. The van der Waals surface area contributed by atoms with Gasteiger partial charge >= 0.3 is 0 Å². The number of aryl methyl sites for hydroxylation is 1. The predicted octanol–water partition coefficient (Wildman–Crippen LogP) is 3.38. The van der Waals surface area contributed by atoms with Gasteiger partial charge in [0, 0.05) is 22.3 Å². The van der Waals surface area contributed by atoms with Crippen molar-refractivity contribution in [3.63, 3.8) is 0 Å². The maximum absolute atomic E-state index is 5.40. The monoisotopic (exact) mass is 248 g/mol. The molecule has 0 aliphatic carbocycles. The van der Waals surface area contributed by atoms with E-state index in [1.54, 1.807) is 18.4 Å². The number of thiazole rings is 1. The summed E-state index contributed by atoms with van der Waals surface area (Å²) in [5.41, 5.74) is 5.27. The van der Waals surface area contributed by atoms with Gasteiger partial charge in [0.2, 0.25) is 0 Å².